The second-order valence-corrected chi connectivity index (χ2v) is 17.4. The molecule has 2 aliphatic carbocycles. The summed E-state index contributed by atoms with van der Waals surface area (Å²) in [5.41, 5.74) is 6.30. The molecule has 0 saturated heterocycles. The topological polar surface area (TPSA) is 91.9 Å². The molecule has 0 spiro atoms. The van der Waals surface area contributed by atoms with Crippen LogP contribution < -0.4 is 21.3 Å². The van der Waals surface area contributed by atoms with Crippen LogP contribution in [0.15, 0.2) is 146 Å². The van der Waals surface area contributed by atoms with Crippen LogP contribution in [0.3, 0.4) is 0 Å². The number of halogens is 4. The molecule has 66 heavy (non-hydrogen) atoms. The molecule has 0 heterocycles. The summed E-state index contributed by atoms with van der Waals surface area (Å²) < 4.78 is 53.9. The van der Waals surface area contributed by atoms with Gasteiger partial charge in [-0.15, -0.1) is 0 Å². The summed E-state index contributed by atoms with van der Waals surface area (Å²) in [5, 5.41) is 24.0. The molecule has 0 aliphatic heterocycles. The van der Waals surface area contributed by atoms with E-state index >= 15 is 0 Å². The van der Waals surface area contributed by atoms with Gasteiger partial charge in [0.05, 0.1) is 0 Å². The molecule has 0 unspecified atom stereocenters. The molecule has 2 amide bonds. The minimum atomic E-state index is -0.818. The number of nitrogens with zero attached hydrogens (tertiary/aromatic N) is 2. The van der Waals surface area contributed by atoms with E-state index in [1.165, 1.54) is 35.4 Å². The molecule has 346 valence electrons. The number of benzene rings is 6. The van der Waals surface area contributed by atoms with E-state index in [-0.39, 0.29) is 12.1 Å². The Kier molecular flexibility index (Phi) is 17.0. The molecular formula is C54H60F4N6O2. The van der Waals surface area contributed by atoms with E-state index < -0.39 is 29.6 Å². The van der Waals surface area contributed by atoms with E-state index in [0.717, 1.165) is 82.3 Å². The summed E-state index contributed by atoms with van der Waals surface area (Å²) in [5.74, 6) is -2.44. The van der Waals surface area contributed by atoms with Gasteiger partial charge in [0, 0.05) is 67.8 Å². The predicted molar refractivity (Wildman–Crippen MR) is 256 cm³/mol. The highest BCUT2D eigenvalue weighted by atomic mass is 19.1. The Morgan fingerprint density at radius 3 is 1.35 bits per heavy atom. The summed E-state index contributed by atoms with van der Waals surface area (Å²) >= 11 is 0. The number of urea groups is 1. The van der Waals surface area contributed by atoms with E-state index in [1.807, 2.05) is 31.1 Å². The lowest BCUT2D eigenvalue weighted by molar-refractivity contribution is 0.00209. The van der Waals surface area contributed by atoms with Crippen LogP contribution in [0.4, 0.5) is 33.7 Å². The molecule has 2 saturated carbocycles. The monoisotopic (exact) mass is 900 g/mol. The van der Waals surface area contributed by atoms with Crippen LogP contribution in [-0.2, 0) is 13.1 Å². The Hall–Kier alpha value is -6.05. The standard InChI is InChI=1S/C27H31F2N3O.C27H29F2N3O/c2*1-32(26-13-11-24(12-14-26)30-18-19-5-3-2-4-6-19)27(33)31-25-9-7-20(8-10-25)21-15-22(28)17-23(29)16-21/h2-10,15-17,24,26-27,30-31,33H,11-14,18H2,1H3;2-10,15-17,24,26,30H,11-14,18H2,1H3,(H,31,33)/t24?,26?,27-;/m0./s1. The van der Waals surface area contributed by atoms with Crippen LogP contribution in [0.1, 0.15) is 62.5 Å². The number of carbonyl (C=O) groups excluding carboxylic acids is 1. The maximum atomic E-state index is 13.5. The van der Waals surface area contributed by atoms with Crippen molar-refractivity contribution in [3.8, 4) is 22.3 Å². The van der Waals surface area contributed by atoms with Gasteiger partial charge in [-0.05, 0) is 140 Å². The zero-order chi connectivity index (χ0) is 46.4. The van der Waals surface area contributed by atoms with Gasteiger partial charge >= 0.3 is 6.03 Å². The van der Waals surface area contributed by atoms with Gasteiger partial charge in [0.1, 0.15) is 23.3 Å². The molecule has 8 nitrogen and oxygen atoms in total. The quantitative estimate of drug-likeness (QED) is 0.0553. The van der Waals surface area contributed by atoms with E-state index in [9.17, 15) is 27.5 Å². The molecule has 5 N–H and O–H groups in total. The van der Waals surface area contributed by atoms with Crippen molar-refractivity contribution in [2.75, 3.05) is 24.7 Å². The first-order valence-corrected chi connectivity index (χ1v) is 22.8. The van der Waals surface area contributed by atoms with Gasteiger partial charge in [0.25, 0.3) is 0 Å². The molecular weight excluding hydrogens is 841 g/mol. The number of anilines is 2. The minimum Gasteiger partial charge on any atom is -0.361 e. The van der Waals surface area contributed by atoms with Gasteiger partial charge < -0.3 is 31.3 Å². The Labute approximate surface area is 386 Å². The Bertz CT molecular complexity index is 2390. The van der Waals surface area contributed by atoms with Crippen LogP contribution in [0.5, 0.6) is 0 Å². The highest BCUT2D eigenvalue weighted by Crippen LogP contribution is 2.28. The fraction of sp³-hybridized carbons (Fsp3) is 0.315. The largest absolute Gasteiger partial charge is 0.361 e. The fourth-order valence-electron chi connectivity index (χ4n) is 8.84. The second kappa shape index (κ2) is 23.4. The number of rotatable bonds is 14. The van der Waals surface area contributed by atoms with E-state index in [4.69, 9.17) is 0 Å². The summed E-state index contributed by atoms with van der Waals surface area (Å²) in [6.45, 7) is 1.75. The fourth-order valence-corrected chi connectivity index (χ4v) is 8.84. The molecule has 6 aromatic rings. The lowest BCUT2D eigenvalue weighted by atomic mass is 9.90. The number of carbonyl (C=O) groups is 1. The molecule has 2 aliphatic rings. The minimum absolute atomic E-state index is 0.153. The van der Waals surface area contributed by atoms with Crippen molar-refractivity contribution >= 4 is 17.4 Å². The maximum Gasteiger partial charge on any atom is 0.321 e. The van der Waals surface area contributed by atoms with Gasteiger partial charge in [-0.3, -0.25) is 4.90 Å². The van der Waals surface area contributed by atoms with Crippen LogP contribution >= 0.6 is 0 Å². The third kappa shape index (κ3) is 14.0. The third-order valence-electron chi connectivity index (χ3n) is 12.8. The van der Waals surface area contributed by atoms with Crippen molar-refractivity contribution < 1.29 is 27.5 Å². The molecule has 2 fully saturated rings. The molecule has 0 aromatic heterocycles. The zero-order valence-electron chi connectivity index (χ0n) is 37.6. The van der Waals surface area contributed by atoms with Crippen molar-refractivity contribution in [1.82, 2.24) is 20.4 Å². The van der Waals surface area contributed by atoms with Crippen LogP contribution in [0, 0.1) is 23.3 Å². The van der Waals surface area contributed by atoms with Crippen LogP contribution in [-0.4, -0.2) is 65.6 Å². The normalized spacial score (nSPS) is 18.7. The molecule has 0 bridgehead atoms. The average molecular weight is 901 g/mol. The van der Waals surface area contributed by atoms with Crippen molar-refractivity contribution in [3.05, 3.63) is 180 Å². The number of nitrogens with one attached hydrogen (secondary N) is 4. The van der Waals surface area contributed by atoms with Gasteiger partial charge in [0.15, 0.2) is 6.35 Å². The SMILES string of the molecule is CN(C(=O)Nc1ccc(-c2cc(F)cc(F)c2)cc1)C1CCC(NCc2ccccc2)CC1.CN(C1CCC(NCc2ccccc2)CC1)[C@@H](O)Nc1ccc(-c2cc(F)cc(F)c2)cc1. The molecule has 12 heteroatoms. The number of aliphatic hydroxyl groups excluding tert-OH is 1. The number of hydrogen-bond donors (Lipinski definition) is 5. The van der Waals surface area contributed by atoms with Gasteiger partial charge in [0.2, 0.25) is 0 Å². The lowest BCUT2D eigenvalue weighted by Gasteiger charge is -2.37. The van der Waals surface area contributed by atoms with Crippen molar-refractivity contribution in [1.29, 1.82) is 0 Å². The first kappa shape index (κ1) is 47.9. The first-order chi connectivity index (χ1) is 31.9. The van der Waals surface area contributed by atoms with E-state index in [0.29, 0.717) is 46.1 Å². The number of amides is 2. The number of aliphatic hydroxyl groups is 1. The second-order valence-electron chi connectivity index (χ2n) is 17.4. The van der Waals surface area contributed by atoms with Gasteiger partial charge in [-0.25, -0.2) is 22.4 Å². The average Bonchev–Trinajstić information content (AvgIpc) is 3.33. The summed E-state index contributed by atoms with van der Waals surface area (Å²) in [4.78, 5) is 16.5. The number of hydrogen-bond acceptors (Lipinski definition) is 6. The van der Waals surface area contributed by atoms with Crippen molar-refractivity contribution in [3.63, 3.8) is 0 Å². The van der Waals surface area contributed by atoms with Crippen LogP contribution in [0.25, 0.3) is 22.3 Å². The molecule has 0 radical (unpaired) electrons. The van der Waals surface area contributed by atoms with Gasteiger partial charge in [-0.1, -0.05) is 84.9 Å². The maximum absolute atomic E-state index is 13.5. The molecule has 1 atom stereocenters. The first-order valence-electron chi connectivity index (χ1n) is 22.8. The summed E-state index contributed by atoms with van der Waals surface area (Å²) in [6, 6.07) is 43.2. The highest BCUT2D eigenvalue weighted by molar-refractivity contribution is 5.89. The van der Waals surface area contributed by atoms with E-state index in [2.05, 4.69) is 69.8 Å². The lowest BCUT2D eigenvalue weighted by Crippen LogP contribution is -2.47. The Balaban J connectivity index is 0.000000196. The zero-order valence-corrected chi connectivity index (χ0v) is 37.6. The van der Waals surface area contributed by atoms with E-state index in [1.54, 1.807) is 53.4 Å². The Morgan fingerprint density at radius 2 is 0.924 bits per heavy atom. The smallest absolute Gasteiger partial charge is 0.321 e. The Morgan fingerprint density at radius 1 is 0.530 bits per heavy atom. The van der Waals surface area contributed by atoms with Gasteiger partial charge in [-0.2, -0.15) is 0 Å². The van der Waals surface area contributed by atoms with Crippen LogP contribution in [0.2, 0.25) is 0 Å². The van der Waals surface area contributed by atoms with Crippen molar-refractivity contribution in [2.24, 2.45) is 0 Å². The third-order valence-corrected chi connectivity index (χ3v) is 12.8. The van der Waals surface area contributed by atoms with Crippen molar-refractivity contribution in [2.45, 2.75) is 95.0 Å². The highest BCUT2D eigenvalue weighted by Gasteiger charge is 2.28. The predicted octanol–water partition coefficient (Wildman–Crippen LogP) is 11.5. The molecule has 6 aromatic carbocycles. The summed E-state index contributed by atoms with van der Waals surface area (Å²) in [6.07, 6.45) is 7.36. The molecule has 8 rings (SSSR count). The summed E-state index contributed by atoms with van der Waals surface area (Å²) in [7, 11) is 3.77.